The Bertz CT molecular complexity index is 666. The zero-order chi connectivity index (χ0) is 14.8. The van der Waals surface area contributed by atoms with Crippen LogP contribution in [0, 0.1) is 6.92 Å². The molecule has 0 saturated carbocycles. The van der Waals surface area contributed by atoms with Crippen molar-refractivity contribution in [2.24, 2.45) is 0 Å². The molecule has 0 spiro atoms. The number of fused-ring (bicyclic) bond motifs is 1. The monoisotopic (exact) mass is 298 g/mol. The van der Waals surface area contributed by atoms with Crippen LogP contribution in [0.25, 0.3) is 0 Å². The SMILES string of the molecule is Cc1cccc(C(CC2CSc3ccccc32)C(=O)O)c1. The first kappa shape index (κ1) is 14.2. The molecule has 0 radical (unpaired) electrons. The average molecular weight is 298 g/mol. The number of hydrogen-bond acceptors (Lipinski definition) is 2. The summed E-state index contributed by atoms with van der Waals surface area (Å²) in [6.45, 7) is 2.00. The van der Waals surface area contributed by atoms with Crippen LogP contribution in [-0.2, 0) is 4.79 Å². The molecule has 0 aromatic heterocycles. The van der Waals surface area contributed by atoms with Gasteiger partial charge in [-0.2, -0.15) is 0 Å². The van der Waals surface area contributed by atoms with Gasteiger partial charge < -0.3 is 5.11 Å². The summed E-state index contributed by atoms with van der Waals surface area (Å²) in [5, 5.41) is 9.62. The van der Waals surface area contributed by atoms with Crippen molar-refractivity contribution in [2.75, 3.05) is 5.75 Å². The Morgan fingerprint density at radius 3 is 2.86 bits per heavy atom. The van der Waals surface area contributed by atoms with E-state index in [1.165, 1.54) is 10.5 Å². The van der Waals surface area contributed by atoms with E-state index >= 15 is 0 Å². The maximum Gasteiger partial charge on any atom is 0.310 e. The summed E-state index contributed by atoms with van der Waals surface area (Å²) in [7, 11) is 0. The smallest absolute Gasteiger partial charge is 0.310 e. The molecule has 2 aromatic carbocycles. The number of carboxylic acid groups (broad SMARTS) is 1. The van der Waals surface area contributed by atoms with E-state index < -0.39 is 11.9 Å². The van der Waals surface area contributed by atoms with Gasteiger partial charge in [-0.05, 0) is 36.5 Å². The van der Waals surface area contributed by atoms with E-state index in [2.05, 4.69) is 12.1 Å². The highest BCUT2D eigenvalue weighted by atomic mass is 32.2. The van der Waals surface area contributed by atoms with E-state index in [-0.39, 0.29) is 0 Å². The third kappa shape index (κ3) is 2.98. The predicted octanol–water partition coefficient (Wildman–Crippen LogP) is 4.44. The molecule has 0 bridgehead atoms. The summed E-state index contributed by atoms with van der Waals surface area (Å²) in [5.74, 6) is 0.152. The van der Waals surface area contributed by atoms with Gasteiger partial charge in [0.05, 0.1) is 5.92 Å². The Morgan fingerprint density at radius 1 is 1.29 bits per heavy atom. The van der Waals surface area contributed by atoms with Crippen molar-refractivity contribution < 1.29 is 9.90 Å². The molecule has 3 heteroatoms. The number of aryl methyl sites for hydroxylation is 1. The fourth-order valence-corrected chi connectivity index (χ4v) is 4.25. The average Bonchev–Trinajstić information content (AvgIpc) is 2.87. The lowest BCUT2D eigenvalue weighted by Crippen LogP contribution is -2.15. The van der Waals surface area contributed by atoms with Gasteiger partial charge in [-0.1, -0.05) is 48.0 Å². The molecule has 21 heavy (non-hydrogen) atoms. The van der Waals surface area contributed by atoms with Crippen LogP contribution in [0.4, 0.5) is 0 Å². The van der Waals surface area contributed by atoms with Crippen molar-refractivity contribution in [1.82, 2.24) is 0 Å². The third-order valence-electron chi connectivity index (χ3n) is 4.06. The van der Waals surface area contributed by atoms with Gasteiger partial charge >= 0.3 is 5.97 Å². The van der Waals surface area contributed by atoms with Crippen LogP contribution in [-0.4, -0.2) is 16.8 Å². The minimum atomic E-state index is -0.727. The van der Waals surface area contributed by atoms with Crippen molar-refractivity contribution in [2.45, 2.75) is 30.1 Å². The Morgan fingerprint density at radius 2 is 2.10 bits per heavy atom. The second-order valence-corrected chi connectivity index (χ2v) is 6.65. The first-order valence-corrected chi connectivity index (χ1v) is 8.15. The van der Waals surface area contributed by atoms with Crippen LogP contribution in [0.15, 0.2) is 53.4 Å². The van der Waals surface area contributed by atoms with E-state index in [1.807, 2.05) is 55.1 Å². The molecule has 1 heterocycles. The van der Waals surface area contributed by atoms with Crippen LogP contribution in [0.2, 0.25) is 0 Å². The third-order valence-corrected chi connectivity index (χ3v) is 5.31. The topological polar surface area (TPSA) is 37.3 Å². The summed E-state index contributed by atoms with van der Waals surface area (Å²) in [4.78, 5) is 13.0. The summed E-state index contributed by atoms with van der Waals surface area (Å²) >= 11 is 1.84. The number of hydrogen-bond donors (Lipinski definition) is 1. The number of benzene rings is 2. The van der Waals surface area contributed by atoms with E-state index in [0.29, 0.717) is 12.3 Å². The van der Waals surface area contributed by atoms with Gasteiger partial charge in [0.15, 0.2) is 0 Å². The Balaban J connectivity index is 1.86. The molecule has 2 nitrogen and oxygen atoms in total. The molecule has 3 rings (SSSR count). The van der Waals surface area contributed by atoms with Gasteiger partial charge in [0, 0.05) is 10.6 Å². The molecule has 0 aliphatic carbocycles. The minimum absolute atomic E-state index is 0.327. The maximum atomic E-state index is 11.7. The zero-order valence-electron chi connectivity index (χ0n) is 12.0. The number of aliphatic carboxylic acids is 1. The van der Waals surface area contributed by atoms with Crippen molar-refractivity contribution in [3.8, 4) is 0 Å². The van der Waals surface area contributed by atoms with Crippen LogP contribution < -0.4 is 0 Å². The standard InChI is InChI=1S/C18H18O2S/c1-12-5-4-6-13(9-12)16(18(19)20)10-14-11-21-17-8-3-2-7-15(14)17/h2-9,14,16H,10-11H2,1H3,(H,19,20). The van der Waals surface area contributed by atoms with Crippen LogP contribution in [0.1, 0.15) is 34.9 Å². The highest BCUT2D eigenvalue weighted by molar-refractivity contribution is 7.99. The molecule has 0 saturated heterocycles. The fraction of sp³-hybridized carbons (Fsp3) is 0.278. The molecule has 2 atom stereocenters. The Kier molecular flexibility index (Phi) is 4.02. The van der Waals surface area contributed by atoms with Crippen LogP contribution in [0.5, 0.6) is 0 Å². The molecule has 1 aliphatic rings. The van der Waals surface area contributed by atoms with Crippen molar-refractivity contribution in [3.63, 3.8) is 0 Å². The van der Waals surface area contributed by atoms with Crippen LogP contribution in [0.3, 0.4) is 0 Å². The Labute approximate surface area is 129 Å². The van der Waals surface area contributed by atoms with E-state index in [9.17, 15) is 9.90 Å². The first-order valence-electron chi connectivity index (χ1n) is 7.16. The molecular formula is C18H18O2S. The normalized spacial score (nSPS) is 18.2. The molecule has 1 aliphatic heterocycles. The number of thioether (sulfide) groups is 1. The number of carboxylic acids is 1. The summed E-state index contributed by atoms with van der Waals surface area (Å²) < 4.78 is 0. The van der Waals surface area contributed by atoms with Crippen molar-refractivity contribution >= 4 is 17.7 Å². The molecule has 0 fully saturated rings. The van der Waals surface area contributed by atoms with Gasteiger partial charge in [0.2, 0.25) is 0 Å². The van der Waals surface area contributed by atoms with E-state index in [0.717, 1.165) is 16.9 Å². The largest absolute Gasteiger partial charge is 0.481 e. The zero-order valence-corrected chi connectivity index (χ0v) is 12.8. The summed E-state index contributed by atoms with van der Waals surface area (Å²) in [6, 6.07) is 16.2. The number of carbonyl (C=O) groups is 1. The Hall–Kier alpha value is -1.74. The van der Waals surface area contributed by atoms with E-state index in [4.69, 9.17) is 0 Å². The molecule has 2 unspecified atom stereocenters. The first-order chi connectivity index (χ1) is 10.1. The summed E-state index contributed by atoms with van der Waals surface area (Å²) in [5.41, 5.74) is 3.33. The van der Waals surface area contributed by atoms with Crippen molar-refractivity contribution in [1.29, 1.82) is 0 Å². The van der Waals surface area contributed by atoms with Gasteiger partial charge in [0.1, 0.15) is 0 Å². The van der Waals surface area contributed by atoms with E-state index in [1.54, 1.807) is 0 Å². The summed E-state index contributed by atoms with van der Waals surface area (Å²) in [6.07, 6.45) is 0.669. The lowest BCUT2D eigenvalue weighted by Gasteiger charge is -2.18. The quantitative estimate of drug-likeness (QED) is 0.906. The molecule has 1 N–H and O–H groups in total. The minimum Gasteiger partial charge on any atom is -0.481 e. The lowest BCUT2D eigenvalue weighted by molar-refractivity contribution is -0.139. The second-order valence-electron chi connectivity index (χ2n) is 5.59. The molecule has 2 aromatic rings. The molecular weight excluding hydrogens is 280 g/mol. The van der Waals surface area contributed by atoms with Gasteiger partial charge in [0.25, 0.3) is 0 Å². The van der Waals surface area contributed by atoms with Crippen molar-refractivity contribution in [3.05, 3.63) is 65.2 Å². The highest BCUT2D eigenvalue weighted by Gasteiger charge is 2.29. The second kappa shape index (κ2) is 5.94. The molecule has 108 valence electrons. The number of rotatable bonds is 4. The fourth-order valence-electron chi connectivity index (χ4n) is 2.98. The van der Waals surface area contributed by atoms with Crippen LogP contribution >= 0.6 is 11.8 Å². The van der Waals surface area contributed by atoms with Gasteiger partial charge in [-0.25, -0.2) is 0 Å². The highest BCUT2D eigenvalue weighted by Crippen LogP contribution is 2.43. The predicted molar refractivity (Wildman–Crippen MR) is 86.1 cm³/mol. The van der Waals surface area contributed by atoms with Gasteiger partial charge in [-0.3, -0.25) is 4.79 Å². The lowest BCUT2D eigenvalue weighted by atomic mass is 9.86. The van der Waals surface area contributed by atoms with Gasteiger partial charge in [-0.15, -0.1) is 11.8 Å². The molecule has 0 amide bonds. The maximum absolute atomic E-state index is 11.7.